The monoisotopic (exact) mass is 252 g/mol. The molecule has 94 valence electrons. The number of aryl methyl sites for hydroxylation is 1. The summed E-state index contributed by atoms with van der Waals surface area (Å²) in [5.74, 6) is 2.03. The fourth-order valence-corrected chi connectivity index (χ4v) is 2.73. The SMILES string of the molecule is CSCCCC1CC(O)c2cc(C)ccc2O1. The van der Waals surface area contributed by atoms with E-state index in [0.29, 0.717) is 0 Å². The number of benzene rings is 1. The van der Waals surface area contributed by atoms with E-state index in [1.807, 2.05) is 36.9 Å². The van der Waals surface area contributed by atoms with Gasteiger partial charge in [0.05, 0.1) is 6.10 Å². The van der Waals surface area contributed by atoms with Gasteiger partial charge in [0.2, 0.25) is 0 Å². The molecule has 2 nitrogen and oxygen atoms in total. The third kappa shape index (κ3) is 3.17. The highest BCUT2D eigenvalue weighted by molar-refractivity contribution is 7.98. The number of rotatable bonds is 4. The predicted octanol–water partition coefficient (Wildman–Crippen LogP) is 3.32. The maximum absolute atomic E-state index is 10.1. The lowest BCUT2D eigenvalue weighted by molar-refractivity contribution is 0.0616. The summed E-state index contributed by atoms with van der Waals surface area (Å²) in [6.07, 6.45) is 4.84. The van der Waals surface area contributed by atoms with Gasteiger partial charge in [0.25, 0.3) is 0 Å². The molecule has 0 amide bonds. The number of thioether (sulfide) groups is 1. The van der Waals surface area contributed by atoms with Gasteiger partial charge in [0.1, 0.15) is 11.9 Å². The van der Waals surface area contributed by atoms with Crippen molar-refractivity contribution in [1.82, 2.24) is 0 Å². The number of fused-ring (bicyclic) bond motifs is 1. The minimum atomic E-state index is -0.363. The molecule has 1 aliphatic heterocycles. The Kier molecular flexibility index (Phi) is 4.35. The Morgan fingerprint density at radius 3 is 3.06 bits per heavy atom. The van der Waals surface area contributed by atoms with Crippen LogP contribution in [0.25, 0.3) is 0 Å². The van der Waals surface area contributed by atoms with E-state index in [4.69, 9.17) is 4.74 Å². The Hall–Kier alpha value is -0.670. The fourth-order valence-electron chi connectivity index (χ4n) is 2.27. The minimum Gasteiger partial charge on any atom is -0.490 e. The molecule has 17 heavy (non-hydrogen) atoms. The van der Waals surface area contributed by atoms with Gasteiger partial charge < -0.3 is 9.84 Å². The first-order valence-electron chi connectivity index (χ1n) is 6.15. The molecule has 0 bridgehead atoms. The van der Waals surface area contributed by atoms with Gasteiger partial charge in [-0.2, -0.15) is 11.8 Å². The van der Waals surface area contributed by atoms with Crippen molar-refractivity contribution in [3.05, 3.63) is 29.3 Å². The van der Waals surface area contributed by atoms with Gasteiger partial charge >= 0.3 is 0 Å². The summed E-state index contributed by atoms with van der Waals surface area (Å²) in [5.41, 5.74) is 2.12. The molecule has 1 aromatic carbocycles. The summed E-state index contributed by atoms with van der Waals surface area (Å²) in [7, 11) is 0. The van der Waals surface area contributed by atoms with Gasteiger partial charge in [0, 0.05) is 12.0 Å². The molecule has 1 aromatic rings. The Balaban J connectivity index is 2.03. The molecule has 0 radical (unpaired) electrons. The number of aliphatic hydroxyl groups is 1. The molecular weight excluding hydrogens is 232 g/mol. The first-order chi connectivity index (χ1) is 8.20. The van der Waals surface area contributed by atoms with Crippen LogP contribution in [-0.4, -0.2) is 23.2 Å². The van der Waals surface area contributed by atoms with Crippen molar-refractivity contribution >= 4 is 11.8 Å². The normalized spacial score (nSPS) is 23.0. The predicted molar refractivity (Wildman–Crippen MR) is 72.8 cm³/mol. The summed E-state index contributed by atoms with van der Waals surface area (Å²) in [6.45, 7) is 2.04. The van der Waals surface area contributed by atoms with Crippen molar-refractivity contribution in [1.29, 1.82) is 0 Å². The maximum Gasteiger partial charge on any atom is 0.125 e. The quantitative estimate of drug-likeness (QED) is 0.834. The van der Waals surface area contributed by atoms with Crippen molar-refractivity contribution in [3.8, 4) is 5.75 Å². The molecule has 0 saturated carbocycles. The lowest BCUT2D eigenvalue weighted by Crippen LogP contribution is -2.25. The zero-order valence-electron chi connectivity index (χ0n) is 10.5. The number of hydrogen-bond acceptors (Lipinski definition) is 3. The maximum atomic E-state index is 10.1. The summed E-state index contributed by atoms with van der Waals surface area (Å²) in [4.78, 5) is 0. The fraction of sp³-hybridized carbons (Fsp3) is 0.571. The Labute approximate surface area is 107 Å². The van der Waals surface area contributed by atoms with Crippen molar-refractivity contribution in [2.75, 3.05) is 12.0 Å². The molecule has 2 atom stereocenters. The van der Waals surface area contributed by atoms with Crippen LogP contribution < -0.4 is 4.74 Å². The highest BCUT2D eigenvalue weighted by Crippen LogP contribution is 2.36. The van der Waals surface area contributed by atoms with E-state index < -0.39 is 0 Å². The summed E-state index contributed by atoms with van der Waals surface area (Å²) in [6, 6.07) is 6.04. The van der Waals surface area contributed by atoms with Gasteiger partial charge in [-0.3, -0.25) is 0 Å². The van der Waals surface area contributed by atoms with Crippen molar-refractivity contribution in [2.45, 2.75) is 38.4 Å². The van der Waals surface area contributed by atoms with Gasteiger partial charge in [-0.05, 0) is 43.9 Å². The molecule has 0 spiro atoms. The second-order valence-corrected chi connectivity index (χ2v) is 5.65. The van der Waals surface area contributed by atoms with Crippen LogP contribution in [0, 0.1) is 6.92 Å². The van der Waals surface area contributed by atoms with Crippen LogP contribution in [0.2, 0.25) is 0 Å². The average molecular weight is 252 g/mol. The molecule has 1 aliphatic rings. The van der Waals surface area contributed by atoms with Crippen LogP contribution in [0.15, 0.2) is 18.2 Å². The molecule has 0 aliphatic carbocycles. The largest absolute Gasteiger partial charge is 0.490 e. The topological polar surface area (TPSA) is 29.5 Å². The molecule has 0 saturated heterocycles. The Morgan fingerprint density at radius 2 is 2.29 bits per heavy atom. The number of ether oxygens (including phenoxy) is 1. The van der Waals surface area contributed by atoms with Gasteiger partial charge in [0.15, 0.2) is 0 Å². The third-order valence-electron chi connectivity index (χ3n) is 3.18. The molecular formula is C14H20O2S. The molecule has 2 unspecified atom stereocenters. The zero-order valence-corrected chi connectivity index (χ0v) is 11.3. The highest BCUT2D eigenvalue weighted by atomic mass is 32.2. The summed E-state index contributed by atoms with van der Waals surface area (Å²) >= 11 is 1.86. The second-order valence-electron chi connectivity index (χ2n) is 4.67. The number of hydrogen-bond donors (Lipinski definition) is 1. The zero-order chi connectivity index (χ0) is 12.3. The van der Waals surface area contributed by atoms with Crippen molar-refractivity contribution in [3.63, 3.8) is 0 Å². The van der Waals surface area contributed by atoms with Crippen LogP contribution in [0.3, 0.4) is 0 Å². The highest BCUT2D eigenvalue weighted by Gasteiger charge is 2.26. The van der Waals surface area contributed by atoms with E-state index in [1.165, 1.54) is 5.56 Å². The molecule has 2 rings (SSSR count). The van der Waals surface area contributed by atoms with E-state index in [1.54, 1.807) is 0 Å². The van der Waals surface area contributed by atoms with Gasteiger partial charge in [-0.25, -0.2) is 0 Å². The van der Waals surface area contributed by atoms with E-state index in [2.05, 4.69) is 6.26 Å². The second kappa shape index (κ2) is 5.78. The van der Waals surface area contributed by atoms with E-state index in [9.17, 15) is 5.11 Å². The standard InChI is InChI=1S/C14H20O2S/c1-10-5-6-14-12(8-10)13(15)9-11(16-14)4-3-7-17-2/h5-6,8,11,13,15H,3-4,7,9H2,1-2H3. The summed E-state index contributed by atoms with van der Waals surface area (Å²) in [5, 5.41) is 10.1. The molecule has 3 heteroatoms. The van der Waals surface area contributed by atoms with Crippen LogP contribution in [0.5, 0.6) is 5.75 Å². The lowest BCUT2D eigenvalue weighted by atomic mass is 9.96. The lowest BCUT2D eigenvalue weighted by Gasteiger charge is -2.30. The smallest absolute Gasteiger partial charge is 0.125 e. The molecule has 1 N–H and O–H groups in total. The van der Waals surface area contributed by atoms with Crippen LogP contribution in [0.1, 0.15) is 36.5 Å². The van der Waals surface area contributed by atoms with Crippen LogP contribution in [0.4, 0.5) is 0 Å². The first-order valence-corrected chi connectivity index (χ1v) is 7.54. The van der Waals surface area contributed by atoms with Crippen LogP contribution >= 0.6 is 11.8 Å². The average Bonchev–Trinajstić information content (AvgIpc) is 2.31. The summed E-state index contributed by atoms with van der Waals surface area (Å²) < 4.78 is 5.93. The number of aliphatic hydroxyl groups excluding tert-OH is 1. The molecule has 0 aromatic heterocycles. The Bertz CT molecular complexity index is 378. The van der Waals surface area contributed by atoms with Crippen molar-refractivity contribution in [2.24, 2.45) is 0 Å². The Morgan fingerprint density at radius 1 is 1.47 bits per heavy atom. The van der Waals surface area contributed by atoms with Gasteiger partial charge in [-0.1, -0.05) is 11.6 Å². The van der Waals surface area contributed by atoms with E-state index in [-0.39, 0.29) is 12.2 Å². The van der Waals surface area contributed by atoms with Crippen LogP contribution in [-0.2, 0) is 0 Å². The van der Waals surface area contributed by atoms with E-state index in [0.717, 1.165) is 36.3 Å². The molecule has 0 fully saturated rings. The molecule has 1 heterocycles. The van der Waals surface area contributed by atoms with Crippen molar-refractivity contribution < 1.29 is 9.84 Å². The van der Waals surface area contributed by atoms with E-state index >= 15 is 0 Å². The van der Waals surface area contributed by atoms with Gasteiger partial charge in [-0.15, -0.1) is 0 Å². The third-order valence-corrected chi connectivity index (χ3v) is 3.88. The first kappa shape index (κ1) is 12.8. The minimum absolute atomic E-state index is 0.173.